The topological polar surface area (TPSA) is 25.8 Å². The fraction of sp³-hybridized carbons (Fsp3) is 0. The van der Waals surface area contributed by atoms with Crippen molar-refractivity contribution in [3.63, 3.8) is 0 Å². The second-order valence-electron chi connectivity index (χ2n) is 2.83. The summed E-state index contributed by atoms with van der Waals surface area (Å²) >= 11 is 15.1. The average molecular weight is 304 g/mol. The Morgan fingerprint density at radius 2 is 1.80 bits per heavy atom. The van der Waals surface area contributed by atoms with Crippen molar-refractivity contribution in [1.82, 2.24) is 9.97 Å². The molecule has 0 amide bonds. The summed E-state index contributed by atoms with van der Waals surface area (Å²) in [4.78, 5) is 7.88. The van der Waals surface area contributed by atoms with Crippen LogP contribution >= 0.6 is 39.1 Å². The van der Waals surface area contributed by atoms with Crippen molar-refractivity contribution in [1.29, 1.82) is 0 Å². The maximum Gasteiger partial charge on any atom is 0.143 e. The first kappa shape index (κ1) is 10.9. The van der Waals surface area contributed by atoms with Crippen LogP contribution in [0.15, 0.2) is 35.1 Å². The fourth-order valence-corrected chi connectivity index (χ4v) is 2.01. The van der Waals surface area contributed by atoms with E-state index < -0.39 is 0 Å². The van der Waals surface area contributed by atoms with Crippen molar-refractivity contribution >= 4 is 39.1 Å². The van der Waals surface area contributed by atoms with Crippen molar-refractivity contribution < 1.29 is 0 Å². The second kappa shape index (κ2) is 4.47. The molecular weight excluding hydrogens is 299 g/mol. The van der Waals surface area contributed by atoms with Crippen LogP contribution in [-0.2, 0) is 0 Å². The Labute approximate surface area is 105 Å². The highest BCUT2D eigenvalue weighted by atomic mass is 79.9. The molecule has 0 fully saturated rings. The van der Waals surface area contributed by atoms with E-state index in [1.54, 1.807) is 18.5 Å². The van der Waals surface area contributed by atoms with E-state index in [-0.39, 0.29) is 0 Å². The molecule has 0 atom stereocenters. The van der Waals surface area contributed by atoms with E-state index in [4.69, 9.17) is 23.2 Å². The number of halogens is 3. The molecule has 0 saturated carbocycles. The van der Waals surface area contributed by atoms with Crippen molar-refractivity contribution in [2.24, 2.45) is 0 Å². The molecule has 2 aromatic heterocycles. The highest BCUT2D eigenvalue weighted by molar-refractivity contribution is 9.10. The molecule has 15 heavy (non-hydrogen) atoms. The molecular formula is C10H5BrCl2N2. The van der Waals surface area contributed by atoms with Crippen LogP contribution in [0.2, 0.25) is 10.3 Å². The van der Waals surface area contributed by atoms with Crippen molar-refractivity contribution in [3.05, 3.63) is 45.4 Å². The van der Waals surface area contributed by atoms with Crippen molar-refractivity contribution in [2.45, 2.75) is 0 Å². The van der Waals surface area contributed by atoms with Gasteiger partial charge in [-0.05, 0) is 39.7 Å². The van der Waals surface area contributed by atoms with E-state index in [0.29, 0.717) is 10.3 Å². The zero-order valence-electron chi connectivity index (χ0n) is 7.42. The maximum atomic E-state index is 5.90. The summed E-state index contributed by atoms with van der Waals surface area (Å²) in [5.41, 5.74) is 1.89. The molecule has 0 unspecified atom stereocenters. The molecule has 0 aliphatic heterocycles. The van der Waals surface area contributed by atoms with Crippen LogP contribution < -0.4 is 0 Å². The van der Waals surface area contributed by atoms with Gasteiger partial charge in [0.05, 0.1) is 4.47 Å². The summed E-state index contributed by atoms with van der Waals surface area (Å²) in [5.74, 6) is 0. The number of pyridine rings is 2. The number of rotatable bonds is 1. The van der Waals surface area contributed by atoms with Crippen LogP contribution in [0.5, 0.6) is 0 Å². The van der Waals surface area contributed by atoms with E-state index in [1.165, 1.54) is 0 Å². The third-order valence-electron chi connectivity index (χ3n) is 1.88. The van der Waals surface area contributed by atoms with Gasteiger partial charge in [-0.2, -0.15) is 0 Å². The summed E-state index contributed by atoms with van der Waals surface area (Å²) in [7, 11) is 0. The average Bonchev–Trinajstić information content (AvgIpc) is 2.22. The molecule has 0 spiro atoms. The highest BCUT2D eigenvalue weighted by Crippen LogP contribution is 2.32. The predicted molar refractivity (Wildman–Crippen MR) is 65.2 cm³/mol. The highest BCUT2D eigenvalue weighted by Gasteiger charge is 2.07. The monoisotopic (exact) mass is 302 g/mol. The van der Waals surface area contributed by atoms with E-state index in [1.807, 2.05) is 12.1 Å². The summed E-state index contributed by atoms with van der Waals surface area (Å²) in [5, 5.41) is 0.882. The molecule has 2 nitrogen and oxygen atoms in total. The molecule has 0 saturated heterocycles. The van der Waals surface area contributed by atoms with Crippen LogP contribution in [0.3, 0.4) is 0 Å². The quantitative estimate of drug-likeness (QED) is 0.737. The Morgan fingerprint density at radius 3 is 2.53 bits per heavy atom. The lowest BCUT2D eigenvalue weighted by Gasteiger charge is -2.05. The zero-order valence-corrected chi connectivity index (χ0v) is 10.5. The second-order valence-corrected chi connectivity index (χ2v) is 4.37. The van der Waals surface area contributed by atoms with Crippen molar-refractivity contribution in [3.8, 4) is 11.1 Å². The first-order valence-corrected chi connectivity index (χ1v) is 5.65. The Hall–Kier alpha value is -0.640. The van der Waals surface area contributed by atoms with Crippen LogP contribution in [0.1, 0.15) is 0 Å². The minimum absolute atomic E-state index is 0.431. The van der Waals surface area contributed by atoms with Gasteiger partial charge in [-0.25, -0.2) is 9.97 Å². The van der Waals surface area contributed by atoms with Crippen LogP contribution in [0, 0.1) is 0 Å². The van der Waals surface area contributed by atoms with Crippen molar-refractivity contribution in [2.75, 3.05) is 0 Å². The van der Waals surface area contributed by atoms with Gasteiger partial charge in [0.25, 0.3) is 0 Å². The van der Waals surface area contributed by atoms with Gasteiger partial charge in [0.2, 0.25) is 0 Å². The normalized spacial score (nSPS) is 10.3. The van der Waals surface area contributed by atoms with Gasteiger partial charge in [-0.1, -0.05) is 23.2 Å². The predicted octanol–water partition coefficient (Wildman–Crippen LogP) is 4.21. The van der Waals surface area contributed by atoms with Crippen LogP contribution in [-0.4, -0.2) is 9.97 Å². The lowest BCUT2D eigenvalue weighted by Crippen LogP contribution is -1.84. The third-order valence-corrected chi connectivity index (χ3v) is 3.41. The number of nitrogens with zero attached hydrogens (tertiary/aromatic N) is 2. The fourth-order valence-electron chi connectivity index (χ4n) is 1.21. The number of hydrogen-bond donors (Lipinski definition) is 0. The smallest absolute Gasteiger partial charge is 0.143 e. The molecule has 0 aliphatic carbocycles. The van der Waals surface area contributed by atoms with Gasteiger partial charge in [-0.3, -0.25) is 0 Å². The summed E-state index contributed by atoms with van der Waals surface area (Å²) in [6, 6.07) is 5.50. The van der Waals surface area contributed by atoms with Crippen LogP contribution in [0.25, 0.3) is 11.1 Å². The first-order chi connectivity index (χ1) is 7.18. The number of aromatic nitrogens is 2. The summed E-state index contributed by atoms with van der Waals surface area (Å²) in [6.07, 6.45) is 3.30. The minimum Gasteiger partial charge on any atom is -0.245 e. The largest absolute Gasteiger partial charge is 0.245 e. The Balaban J connectivity index is 2.59. The lowest BCUT2D eigenvalue weighted by molar-refractivity contribution is 1.29. The maximum absolute atomic E-state index is 5.90. The summed E-state index contributed by atoms with van der Waals surface area (Å²) in [6.45, 7) is 0. The minimum atomic E-state index is 0.431. The van der Waals surface area contributed by atoms with Gasteiger partial charge < -0.3 is 0 Å². The summed E-state index contributed by atoms with van der Waals surface area (Å²) < 4.78 is 0.758. The molecule has 0 radical (unpaired) electrons. The molecule has 0 aromatic carbocycles. The van der Waals surface area contributed by atoms with E-state index in [2.05, 4.69) is 25.9 Å². The standard InChI is InChI=1S/C10H5BrCl2N2/c11-9-7(2-4-15-10(9)13)6-1-3-14-8(12)5-6/h1-5H. The molecule has 0 bridgehead atoms. The van der Waals surface area contributed by atoms with E-state index in [0.717, 1.165) is 15.6 Å². The van der Waals surface area contributed by atoms with Crippen LogP contribution in [0.4, 0.5) is 0 Å². The molecule has 2 rings (SSSR count). The Bertz CT molecular complexity index is 503. The number of hydrogen-bond acceptors (Lipinski definition) is 2. The van der Waals surface area contributed by atoms with Gasteiger partial charge in [0.15, 0.2) is 0 Å². The third kappa shape index (κ3) is 2.30. The molecule has 5 heteroatoms. The SMILES string of the molecule is Clc1cc(-c2ccnc(Cl)c2Br)ccn1. The van der Waals surface area contributed by atoms with Gasteiger partial charge in [0, 0.05) is 18.0 Å². The van der Waals surface area contributed by atoms with Gasteiger partial charge >= 0.3 is 0 Å². The molecule has 0 N–H and O–H groups in total. The zero-order chi connectivity index (χ0) is 10.8. The van der Waals surface area contributed by atoms with Gasteiger partial charge in [0.1, 0.15) is 10.3 Å². The molecule has 76 valence electrons. The van der Waals surface area contributed by atoms with Gasteiger partial charge in [-0.15, -0.1) is 0 Å². The van der Waals surface area contributed by atoms with E-state index in [9.17, 15) is 0 Å². The molecule has 2 heterocycles. The lowest BCUT2D eigenvalue weighted by atomic mass is 10.1. The molecule has 0 aliphatic rings. The Kier molecular flexibility index (Phi) is 3.24. The van der Waals surface area contributed by atoms with E-state index >= 15 is 0 Å². The molecule has 2 aromatic rings. The first-order valence-electron chi connectivity index (χ1n) is 4.10. The Morgan fingerprint density at radius 1 is 1.07 bits per heavy atom.